The van der Waals surface area contributed by atoms with Gasteiger partial charge in [0, 0.05) is 19.6 Å². The van der Waals surface area contributed by atoms with Gasteiger partial charge in [0.05, 0.1) is 27.1 Å². The van der Waals surface area contributed by atoms with Crippen LogP contribution in [0.3, 0.4) is 0 Å². The average molecular weight is 519 g/mol. The lowest BCUT2D eigenvalue weighted by molar-refractivity contribution is 0.0933. The fourth-order valence-corrected chi connectivity index (χ4v) is 4.90. The summed E-state index contributed by atoms with van der Waals surface area (Å²) in [7, 11) is 0. The molecule has 0 atom stereocenters. The number of nitriles is 1. The number of ether oxygens (including phenoxy) is 3. The second kappa shape index (κ2) is 10.9. The minimum absolute atomic E-state index is 0.223. The number of para-hydroxylation sites is 1. The van der Waals surface area contributed by atoms with E-state index in [1.807, 2.05) is 13.0 Å². The number of fused-ring (bicyclic) bond motifs is 1. The van der Waals surface area contributed by atoms with Crippen molar-refractivity contribution >= 4 is 23.3 Å². The zero-order valence-corrected chi connectivity index (χ0v) is 21.2. The second-order valence-electron chi connectivity index (χ2n) is 8.90. The van der Waals surface area contributed by atoms with Gasteiger partial charge in [0.25, 0.3) is 5.91 Å². The monoisotopic (exact) mass is 518 g/mol. The lowest BCUT2D eigenvalue weighted by atomic mass is 10.1. The molecule has 3 aromatic rings. The van der Waals surface area contributed by atoms with Crippen LogP contribution < -0.4 is 19.5 Å². The Bertz CT molecular complexity index is 1360. The lowest BCUT2D eigenvalue weighted by Gasteiger charge is -2.23. The molecule has 2 amide bonds. The maximum absolute atomic E-state index is 13.2. The molecule has 2 heterocycles. The SMILES string of the molecule is Cc1nc(OC(=O)N(CCNC(=O)c2cccc3c2OCCO3)CC2CC2)c(-c2cccc(C#N)c2)s1. The van der Waals surface area contributed by atoms with Crippen LogP contribution in [0.5, 0.6) is 17.4 Å². The fourth-order valence-electron chi connectivity index (χ4n) is 4.06. The van der Waals surface area contributed by atoms with Crippen LogP contribution in [0.2, 0.25) is 0 Å². The minimum Gasteiger partial charge on any atom is -0.486 e. The molecule has 1 fully saturated rings. The molecule has 1 aliphatic carbocycles. The van der Waals surface area contributed by atoms with Crippen molar-refractivity contribution in [3.63, 3.8) is 0 Å². The second-order valence-corrected chi connectivity index (χ2v) is 10.1. The van der Waals surface area contributed by atoms with Crippen LogP contribution >= 0.6 is 11.3 Å². The third-order valence-electron chi connectivity index (χ3n) is 6.05. The predicted molar refractivity (Wildman–Crippen MR) is 137 cm³/mol. The van der Waals surface area contributed by atoms with E-state index < -0.39 is 6.09 Å². The van der Waals surface area contributed by atoms with Crippen LogP contribution in [0.1, 0.15) is 33.8 Å². The van der Waals surface area contributed by atoms with Crippen molar-refractivity contribution in [1.29, 1.82) is 5.26 Å². The van der Waals surface area contributed by atoms with Gasteiger partial charge in [-0.3, -0.25) is 4.79 Å². The molecular formula is C27H26N4O5S. The van der Waals surface area contributed by atoms with Crippen molar-refractivity contribution in [2.45, 2.75) is 19.8 Å². The molecule has 0 radical (unpaired) electrons. The Kier molecular flexibility index (Phi) is 7.23. The first kappa shape index (κ1) is 24.6. The first-order valence-electron chi connectivity index (χ1n) is 12.1. The van der Waals surface area contributed by atoms with E-state index in [0.29, 0.717) is 53.2 Å². The highest BCUT2D eigenvalue weighted by Crippen LogP contribution is 2.37. The van der Waals surface area contributed by atoms with Gasteiger partial charge in [-0.15, -0.1) is 11.3 Å². The number of amides is 2. The number of aromatic nitrogens is 1. The Morgan fingerprint density at radius 2 is 2.03 bits per heavy atom. The summed E-state index contributed by atoms with van der Waals surface area (Å²) < 4.78 is 17.0. The fraction of sp³-hybridized carbons (Fsp3) is 0.333. The topological polar surface area (TPSA) is 114 Å². The van der Waals surface area contributed by atoms with Gasteiger partial charge in [-0.05, 0) is 55.5 Å². The Morgan fingerprint density at radius 1 is 1.22 bits per heavy atom. The molecule has 1 aliphatic heterocycles. The summed E-state index contributed by atoms with van der Waals surface area (Å²) in [5.74, 6) is 1.34. The number of nitrogens with one attached hydrogen (secondary N) is 1. The van der Waals surface area contributed by atoms with Crippen molar-refractivity contribution < 1.29 is 23.8 Å². The number of aryl methyl sites for hydroxylation is 1. The Balaban J connectivity index is 1.25. The van der Waals surface area contributed by atoms with E-state index >= 15 is 0 Å². The minimum atomic E-state index is -0.516. The van der Waals surface area contributed by atoms with Gasteiger partial charge in [-0.25, -0.2) is 9.78 Å². The Morgan fingerprint density at radius 3 is 2.84 bits per heavy atom. The van der Waals surface area contributed by atoms with Crippen molar-refractivity contribution in [2.24, 2.45) is 5.92 Å². The normalized spacial score (nSPS) is 13.9. The van der Waals surface area contributed by atoms with E-state index in [1.165, 1.54) is 11.3 Å². The molecule has 2 aliphatic rings. The van der Waals surface area contributed by atoms with E-state index in [2.05, 4.69) is 16.4 Å². The van der Waals surface area contributed by atoms with Crippen LogP contribution in [0, 0.1) is 24.2 Å². The smallest absolute Gasteiger partial charge is 0.416 e. The first-order valence-corrected chi connectivity index (χ1v) is 12.9. The molecule has 9 nitrogen and oxygen atoms in total. The average Bonchev–Trinajstić information content (AvgIpc) is 3.67. The van der Waals surface area contributed by atoms with Crippen LogP contribution in [0.25, 0.3) is 10.4 Å². The van der Waals surface area contributed by atoms with Gasteiger partial charge < -0.3 is 24.4 Å². The van der Waals surface area contributed by atoms with Gasteiger partial charge in [-0.2, -0.15) is 5.26 Å². The maximum atomic E-state index is 13.2. The molecule has 0 saturated heterocycles. The Labute approximate surface area is 218 Å². The van der Waals surface area contributed by atoms with E-state index in [-0.39, 0.29) is 24.9 Å². The number of carbonyl (C=O) groups excluding carboxylic acids is 2. The van der Waals surface area contributed by atoms with Crippen molar-refractivity contribution in [1.82, 2.24) is 15.2 Å². The summed E-state index contributed by atoms with van der Waals surface area (Å²) in [4.78, 5) is 32.8. The third-order valence-corrected chi connectivity index (χ3v) is 7.05. The van der Waals surface area contributed by atoms with Crippen molar-refractivity contribution in [3.8, 4) is 33.9 Å². The number of rotatable bonds is 8. The highest BCUT2D eigenvalue weighted by molar-refractivity contribution is 7.15. The molecule has 0 unspecified atom stereocenters. The number of hydrogen-bond acceptors (Lipinski definition) is 8. The zero-order chi connectivity index (χ0) is 25.8. The molecule has 2 aromatic carbocycles. The van der Waals surface area contributed by atoms with E-state index in [4.69, 9.17) is 14.2 Å². The molecule has 1 aromatic heterocycles. The quantitative estimate of drug-likeness (QED) is 0.470. The summed E-state index contributed by atoms with van der Waals surface area (Å²) >= 11 is 1.40. The molecular weight excluding hydrogens is 492 g/mol. The van der Waals surface area contributed by atoms with Crippen LogP contribution in [-0.2, 0) is 0 Å². The van der Waals surface area contributed by atoms with Crippen molar-refractivity contribution in [3.05, 3.63) is 58.6 Å². The van der Waals surface area contributed by atoms with Gasteiger partial charge in [0.1, 0.15) is 13.2 Å². The number of thiazole rings is 1. The maximum Gasteiger partial charge on any atom is 0.416 e. The van der Waals surface area contributed by atoms with Gasteiger partial charge in [-0.1, -0.05) is 18.2 Å². The molecule has 1 saturated carbocycles. The molecule has 5 rings (SSSR count). The molecule has 37 heavy (non-hydrogen) atoms. The van der Waals surface area contributed by atoms with Crippen molar-refractivity contribution in [2.75, 3.05) is 32.8 Å². The van der Waals surface area contributed by atoms with E-state index in [9.17, 15) is 14.9 Å². The molecule has 190 valence electrons. The third kappa shape index (κ3) is 5.84. The molecule has 10 heteroatoms. The summed E-state index contributed by atoms with van der Waals surface area (Å²) in [5.41, 5.74) is 1.69. The number of benzene rings is 2. The lowest BCUT2D eigenvalue weighted by Crippen LogP contribution is -2.41. The number of nitrogens with zero attached hydrogens (tertiary/aromatic N) is 3. The highest BCUT2D eigenvalue weighted by Gasteiger charge is 2.29. The summed E-state index contributed by atoms with van der Waals surface area (Å²) in [5, 5.41) is 12.9. The predicted octanol–water partition coefficient (Wildman–Crippen LogP) is 4.40. The largest absolute Gasteiger partial charge is 0.486 e. The van der Waals surface area contributed by atoms with Gasteiger partial charge in [0.15, 0.2) is 11.5 Å². The summed E-state index contributed by atoms with van der Waals surface area (Å²) in [6.45, 7) is 3.76. The highest BCUT2D eigenvalue weighted by atomic mass is 32.1. The molecule has 0 bridgehead atoms. The molecule has 0 spiro atoms. The van der Waals surface area contributed by atoms with Gasteiger partial charge in [0.2, 0.25) is 5.88 Å². The van der Waals surface area contributed by atoms with E-state index in [0.717, 1.165) is 23.4 Å². The van der Waals surface area contributed by atoms with Gasteiger partial charge >= 0.3 is 6.09 Å². The van der Waals surface area contributed by atoms with Crippen LogP contribution in [-0.4, -0.2) is 54.7 Å². The molecule has 1 N–H and O–H groups in total. The van der Waals surface area contributed by atoms with E-state index in [1.54, 1.807) is 41.3 Å². The summed E-state index contributed by atoms with van der Waals surface area (Å²) in [6, 6.07) is 14.5. The Hall–Kier alpha value is -4.10. The van der Waals surface area contributed by atoms with Crippen LogP contribution in [0.4, 0.5) is 4.79 Å². The first-order chi connectivity index (χ1) is 18.0. The van der Waals surface area contributed by atoms with Crippen LogP contribution in [0.15, 0.2) is 42.5 Å². The number of carbonyl (C=O) groups is 2. The number of hydrogen-bond donors (Lipinski definition) is 1. The summed E-state index contributed by atoms with van der Waals surface area (Å²) in [6.07, 6.45) is 1.61. The standard InChI is InChI=1S/C27H26N4O5S/c1-17-30-26(24(37-17)20-5-2-4-19(14-20)15-28)36-27(33)31(16-18-8-9-18)11-10-29-25(32)21-6-3-7-22-23(21)35-13-12-34-22/h2-7,14,18H,8-13,16H2,1H3,(H,29,32). The zero-order valence-electron chi connectivity index (χ0n) is 20.4.